The van der Waals surface area contributed by atoms with E-state index in [9.17, 15) is 13.9 Å². The summed E-state index contributed by atoms with van der Waals surface area (Å²) in [7, 11) is 0. The standard InChI is InChI=1S/C16H11F2NOS/c17-12-6-11(7-13(18)8-12)14-9-21-16(19-14)15(20)10-4-2-1-3-5-10/h1-9,15,20H. The number of aromatic nitrogens is 1. The molecule has 1 unspecified atom stereocenters. The van der Waals surface area contributed by atoms with Crippen molar-refractivity contribution in [1.82, 2.24) is 4.98 Å². The molecule has 0 saturated carbocycles. The molecule has 1 heterocycles. The van der Waals surface area contributed by atoms with Crippen molar-refractivity contribution in [3.8, 4) is 11.3 Å². The Morgan fingerprint density at radius 1 is 1.00 bits per heavy atom. The molecule has 0 aliphatic carbocycles. The average Bonchev–Trinajstić information content (AvgIpc) is 2.96. The van der Waals surface area contributed by atoms with Gasteiger partial charge in [0.05, 0.1) is 5.69 Å². The summed E-state index contributed by atoms with van der Waals surface area (Å²) < 4.78 is 26.5. The summed E-state index contributed by atoms with van der Waals surface area (Å²) in [6.07, 6.45) is -0.844. The average molecular weight is 303 g/mol. The molecule has 0 aliphatic rings. The number of thiazole rings is 1. The Morgan fingerprint density at radius 3 is 2.33 bits per heavy atom. The second-order valence-electron chi connectivity index (χ2n) is 4.54. The fourth-order valence-electron chi connectivity index (χ4n) is 2.03. The van der Waals surface area contributed by atoms with Crippen molar-refractivity contribution in [1.29, 1.82) is 0 Å². The van der Waals surface area contributed by atoms with Crippen molar-refractivity contribution in [2.75, 3.05) is 0 Å². The topological polar surface area (TPSA) is 33.1 Å². The lowest BCUT2D eigenvalue weighted by Gasteiger charge is -2.06. The quantitative estimate of drug-likeness (QED) is 0.787. The summed E-state index contributed by atoms with van der Waals surface area (Å²) in [5.74, 6) is -1.30. The zero-order valence-corrected chi connectivity index (χ0v) is 11.6. The maximum Gasteiger partial charge on any atom is 0.131 e. The van der Waals surface area contributed by atoms with E-state index in [1.165, 1.54) is 23.5 Å². The van der Waals surface area contributed by atoms with Gasteiger partial charge < -0.3 is 5.11 Å². The van der Waals surface area contributed by atoms with Crippen molar-refractivity contribution >= 4 is 11.3 Å². The van der Waals surface area contributed by atoms with E-state index >= 15 is 0 Å². The molecule has 2 aromatic carbocycles. The summed E-state index contributed by atoms with van der Waals surface area (Å²) in [6, 6.07) is 12.4. The molecule has 1 N–H and O–H groups in total. The molecular formula is C16H11F2NOS. The first kappa shape index (κ1) is 13.9. The predicted octanol–water partition coefficient (Wildman–Crippen LogP) is 4.17. The molecule has 5 heteroatoms. The van der Waals surface area contributed by atoms with Crippen LogP contribution in [0, 0.1) is 11.6 Å². The molecule has 0 amide bonds. The number of hydrogen-bond acceptors (Lipinski definition) is 3. The Hall–Kier alpha value is -2.11. The Labute approximate surface area is 124 Å². The number of benzene rings is 2. The molecule has 3 aromatic rings. The third kappa shape index (κ3) is 2.99. The molecule has 0 fully saturated rings. The van der Waals surface area contributed by atoms with E-state index in [4.69, 9.17) is 0 Å². The molecule has 2 nitrogen and oxygen atoms in total. The van der Waals surface area contributed by atoms with Crippen LogP contribution >= 0.6 is 11.3 Å². The van der Waals surface area contributed by atoms with Crippen LogP contribution < -0.4 is 0 Å². The second kappa shape index (κ2) is 5.71. The van der Waals surface area contributed by atoms with Gasteiger partial charge in [-0.1, -0.05) is 30.3 Å². The number of rotatable bonds is 3. The minimum absolute atomic E-state index is 0.357. The zero-order chi connectivity index (χ0) is 14.8. The van der Waals surface area contributed by atoms with Crippen LogP contribution in [0.15, 0.2) is 53.9 Å². The highest BCUT2D eigenvalue weighted by molar-refractivity contribution is 7.10. The Bertz CT molecular complexity index is 738. The van der Waals surface area contributed by atoms with E-state index in [1.54, 1.807) is 17.5 Å². The molecule has 1 aromatic heterocycles. The van der Waals surface area contributed by atoms with Gasteiger partial charge in [0.25, 0.3) is 0 Å². The third-order valence-corrected chi connectivity index (χ3v) is 3.93. The van der Waals surface area contributed by atoms with Crippen LogP contribution in [-0.4, -0.2) is 10.1 Å². The van der Waals surface area contributed by atoms with Gasteiger partial charge in [-0.2, -0.15) is 0 Å². The number of aliphatic hydroxyl groups excluding tert-OH is 1. The maximum absolute atomic E-state index is 13.2. The van der Waals surface area contributed by atoms with E-state index in [0.717, 1.165) is 11.6 Å². The lowest BCUT2D eigenvalue weighted by Crippen LogP contribution is -1.98. The molecule has 0 bridgehead atoms. The summed E-state index contributed by atoms with van der Waals surface area (Å²) in [6.45, 7) is 0. The number of hydrogen-bond donors (Lipinski definition) is 1. The van der Waals surface area contributed by atoms with Gasteiger partial charge in [0.2, 0.25) is 0 Å². The van der Waals surface area contributed by atoms with Crippen molar-refractivity contribution < 1.29 is 13.9 Å². The molecule has 0 saturated heterocycles. The molecule has 1 atom stereocenters. The number of aliphatic hydroxyl groups is 1. The molecule has 0 spiro atoms. The maximum atomic E-state index is 13.2. The van der Waals surface area contributed by atoms with Gasteiger partial charge in [-0.05, 0) is 17.7 Å². The van der Waals surface area contributed by atoms with Crippen LogP contribution in [0.1, 0.15) is 16.7 Å². The van der Waals surface area contributed by atoms with Gasteiger partial charge in [0.15, 0.2) is 0 Å². The van der Waals surface area contributed by atoms with Crippen molar-refractivity contribution in [3.63, 3.8) is 0 Å². The van der Waals surface area contributed by atoms with E-state index in [-0.39, 0.29) is 0 Å². The van der Waals surface area contributed by atoms with E-state index in [1.807, 2.05) is 18.2 Å². The summed E-state index contributed by atoms with van der Waals surface area (Å²) in [5.41, 5.74) is 1.53. The van der Waals surface area contributed by atoms with Gasteiger partial charge in [-0.3, -0.25) is 0 Å². The highest BCUT2D eigenvalue weighted by atomic mass is 32.1. The molecule has 106 valence electrons. The van der Waals surface area contributed by atoms with Crippen molar-refractivity contribution in [3.05, 3.63) is 76.1 Å². The number of halogens is 2. The monoisotopic (exact) mass is 303 g/mol. The second-order valence-corrected chi connectivity index (χ2v) is 5.43. The predicted molar refractivity (Wildman–Crippen MR) is 78.0 cm³/mol. The first-order chi connectivity index (χ1) is 10.1. The van der Waals surface area contributed by atoms with Crippen molar-refractivity contribution in [2.24, 2.45) is 0 Å². The fourth-order valence-corrected chi connectivity index (χ4v) is 2.86. The Balaban J connectivity index is 1.93. The lowest BCUT2D eigenvalue weighted by molar-refractivity contribution is 0.220. The van der Waals surface area contributed by atoms with Gasteiger partial charge in [-0.15, -0.1) is 11.3 Å². The SMILES string of the molecule is OC(c1ccccc1)c1nc(-c2cc(F)cc(F)c2)cs1. The molecule has 21 heavy (non-hydrogen) atoms. The fraction of sp³-hybridized carbons (Fsp3) is 0.0625. The largest absolute Gasteiger partial charge is 0.381 e. The lowest BCUT2D eigenvalue weighted by atomic mass is 10.1. The van der Waals surface area contributed by atoms with Crippen LogP contribution in [0.3, 0.4) is 0 Å². The van der Waals surface area contributed by atoms with Gasteiger partial charge in [0, 0.05) is 17.0 Å². The van der Waals surface area contributed by atoms with Gasteiger partial charge in [0.1, 0.15) is 22.7 Å². The smallest absolute Gasteiger partial charge is 0.131 e. The Kier molecular flexibility index (Phi) is 3.77. The van der Waals surface area contributed by atoms with E-state index in [2.05, 4.69) is 4.98 Å². The number of nitrogens with zero attached hydrogens (tertiary/aromatic N) is 1. The minimum Gasteiger partial charge on any atom is -0.381 e. The van der Waals surface area contributed by atoms with Crippen molar-refractivity contribution in [2.45, 2.75) is 6.10 Å². The van der Waals surface area contributed by atoms with Crippen LogP contribution in [0.25, 0.3) is 11.3 Å². The van der Waals surface area contributed by atoms with Crippen LogP contribution in [0.5, 0.6) is 0 Å². The van der Waals surface area contributed by atoms with E-state index in [0.29, 0.717) is 16.3 Å². The van der Waals surface area contributed by atoms with Crippen LogP contribution in [-0.2, 0) is 0 Å². The summed E-state index contributed by atoms with van der Waals surface area (Å²) >= 11 is 1.25. The van der Waals surface area contributed by atoms with Gasteiger partial charge >= 0.3 is 0 Å². The minimum atomic E-state index is -0.844. The van der Waals surface area contributed by atoms with Crippen LogP contribution in [0.4, 0.5) is 8.78 Å². The first-order valence-electron chi connectivity index (χ1n) is 6.28. The molecular weight excluding hydrogens is 292 g/mol. The normalized spacial score (nSPS) is 12.3. The third-order valence-electron chi connectivity index (χ3n) is 3.03. The highest BCUT2D eigenvalue weighted by Gasteiger charge is 2.15. The highest BCUT2D eigenvalue weighted by Crippen LogP contribution is 2.29. The first-order valence-corrected chi connectivity index (χ1v) is 7.16. The van der Waals surface area contributed by atoms with Crippen LogP contribution in [0.2, 0.25) is 0 Å². The molecule has 0 aliphatic heterocycles. The molecule has 0 radical (unpaired) electrons. The molecule has 3 rings (SSSR count). The summed E-state index contributed by atoms with van der Waals surface area (Å²) in [4.78, 5) is 4.27. The Morgan fingerprint density at radius 2 is 1.67 bits per heavy atom. The zero-order valence-electron chi connectivity index (χ0n) is 10.8. The van der Waals surface area contributed by atoms with E-state index < -0.39 is 17.7 Å². The summed E-state index contributed by atoms with van der Waals surface area (Å²) in [5, 5.41) is 12.4. The van der Waals surface area contributed by atoms with Gasteiger partial charge in [-0.25, -0.2) is 13.8 Å².